The Labute approximate surface area is 123 Å². The molecule has 6 heteroatoms. The van der Waals surface area contributed by atoms with Crippen LogP contribution in [0.15, 0.2) is 30.6 Å². The highest BCUT2D eigenvalue weighted by molar-refractivity contribution is 6.30. The van der Waals surface area contributed by atoms with Crippen molar-refractivity contribution in [2.24, 2.45) is 5.84 Å². The number of aryl methyl sites for hydroxylation is 1. The molecular formula is C14H17ClN4O. The summed E-state index contributed by atoms with van der Waals surface area (Å²) in [5, 5.41) is 0.654. The van der Waals surface area contributed by atoms with Gasteiger partial charge in [-0.15, -0.1) is 0 Å². The molecular weight excluding hydrogens is 276 g/mol. The summed E-state index contributed by atoms with van der Waals surface area (Å²) in [7, 11) is 1.62. The van der Waals surface area contributed by atoms with Gasteiger partial charge in [-0.25, -0.2) is 15.4 Å². The number of hydrogen-bond acceptors (Lipinski definition) is 5. The molecule has 20 heavy (non-hydrogen) atoms. The fourth-order valence-electron chi connectivity index (χ4n) is 1.93. The first-order valence-electron chi connectivity index (χ1n) is 6.21. The Hall–Kier alpha value is -1.69. The number of rotatable bonds is 5. The Balaban J connectivity index is 2.26. The molecule has 2 aromatic rings. The standard InChI is InChI=1S/C14H17ClN4O/c1-9-7-17-14(18-8-9)12(19-16)6-10-5-11(15)3-4-13(10)20-2/h3-5,7-8,12,19H,6,16H2,1-2H3. The van der Waals surface area contributed by atoms with E-state index in [1.165, 1.54) is 0 Å². The molecule has 0 spiro atoms. The number of nitrogens with two attached hydrogens (primary N) is 1. The van der Waals surface area contributed by atoms with Crippen LogP contribution in [0.4, 0.5) is 0 Å². The lowest BCUT2D eigenvalue weighted by atomic mass is 10.0. The maximum Gasteiger partial charge on any atom is 0.146 e. The predicted octanol–water partition coefficient (Wildman–Crippen LogP) is 2.19. The summed E-state index contributed by atoms with van der Waals surface area (Å²) in [4.78, 5) is 8.59. The number of nitrogens with zero attached hydrogens (tertiary/aromatic N) is 2. The molecule has 0 saturated heterocycles. The number of halogens is 1. The fraction of sp³-hybridized carbons (Fsp3) is 0.286. The lowest BCUT2D eigenvalue weighted by molar-refractivity contribution is 0.404. The van der Waals surface area contributed by atoms with Gasteiger partial charge in [0, 0.05) is 17.4 Å². The van der Waals surface area contributed by atoms with Crippen molar-refractivity contribution in [3.05, 3.63) is 52.6 Å². The Morgan fingerprint density at radius 2 is 2.05 bits per heavy atom. The smallest absolute Gasteiger partial charge is 0.146 e. The zero-order valence-electron chi connectivity index (χ0n) is 11.4. The molecule has 0 aliphatic carbocycles. The lowest BCUT2D eigenvalue weighted by Crippen LogP contribution is -2.31. The van der Waals surface area contributed by atoms with Crippen molar-refractivity contribution in [3.63, 3.8) is 0 Å². The Kier molecular flexibility index (Phi) is 4.89. The Morgan fingerprint density at radius 1 is 1.35 bits per heavy atom. The van der Waals surface area contributed by atoms with Gasteiger partial charge in [0.15, 0.2) is 0 Å². The van der Waals surface area contributed by atoms with Gasteiger partial charge in [-0.3, -0.25) is 5.84 Å². The van der Waals surface area contributed by atoms with Gasteiger partial charge in [-0.2, -0.15) is 0 Å². The molecule has 2 rings (SSSR count). The van der Waals surface area contributed by atoms with E-state index in [1.807, 2.05) is 19.1 Å². The van der Waals surface area contributed by atoms with Gasteiger partial charge in [-0.05, 0) is 42.7 Å². The number of nitrogens with one attached hydrogen (secondary N) is 1. The average molecular weight is 293 g/mol. The molecule has 106 valence electrons. The molecule has 0 saturated carbocycles. The highest BCUT2D eigenvalue weighted by Crippen LogP contribution is 2.26. The maximum atomic E-state index is 6.03. The number of ether oxygens (including phenoxy) is 1. The van der Waals surface area contributed by atoms with Crippen LogP contribution in [0, 0.1) is 6.92 Å². The molecule has 1 atom stereocenters. The second kappa shape index (κ2) is 6.65. The van der Waals surface area contributed by atoms with Crippen LogP contribution in [0.2, 0.25) is 5.02 Å². The van der Waals surface area contributed by atoms with Crippen molar-refractivity contribution < 1.29 is 4.74 Å². The molecule has 0 radical (unpaired) electrons. The van der Waals surface area contributed by atoms with Crippen LogP contribution >= 0.6 is 11.6 Å². The van der Waals surface area contributed by atoms with Gasteiger partial charge in [0.2, 0.25) is 0 Å². The van der Waals surface area contributed by atoms with Gasteiger partial charge < -0.3 is 4.74 Å². The summed E-state index contributed by atoms with van der Waals surface area (Å²) in [5.41, 5.74) is 4.69. The van der Waals surface area contributed by atoms with Crippen LogP contribution in [0.5, 0.6) is 5.75 Å². The second-order valence-corrected chi connectivity index (χ2v) is 4.93. The number of hydrazine groups is 1. The first-order valence-corrected chi connectivity index (χ1v) is 6.59. The fourth-order valence-corrected chi connectivity index (χ4v) is 2.13. The molecule has 1 heterocycles. The summed E-state index contributed by atoms with van der Waals surface area (Å²) in [6.45, 7) is 1.94. The molecule has 0 aliphatic heterocycles. The Bertz CT molecular complexity index is 574. The summed E-state index contributed by atoms with van der Waals surface area (Å²) < 4.78 is 5.33. The van der Waals surface area contributed by atoms with E-state index in [0.717, 1.165) is 16.9 Å². The van der Waals surface area contributed by atoms with E-state index >= 15 is 0 Å². The highest BCUT2D eigenvalue weighted by Gasteiger charge is 2.16. The molecule has 5 nitrogen and oxygen atoms in total. The maximum absolute atomic E-state index is 6.03. The van der Waals surface area contributed by atoms with E-state index in [4.69, 9.17) is 22.2 Å². The molecule has 1 aromatic heterocycles. The van der Waals surface area contributed by atoms with E-state index in [2.05, 4.69) is 15.4 Å². The van der Waals surface area contributed by atoms with E-state index in [1.54, 1.807) is 25.6 Å². The molecule has 0 bridgehead atoms. The monoisotopic (exact) mass is 292 g/mol. The summed E-state index contributed by atoms with van der Waals surface area (Å²) in [5.74, 6) is 7.02. The second-order valence-electron chi connectivity index (χ2n) is 4.50. The molecule has 0 fully saturated rings. The van der Waals surface area contributed by atoms with Crippen molar-refractivity contribution in [1.29, 1.82) is 0 Å². The molecule has 0 aliphatic rings. The van der Waals surface area contributed by atoms with E-state index in [-0.39, 0.29) is 6.04 Å². The van der Waals surface area contributed by atoms with Crippen LogP contribution in [0.3, 0.4) is 0 Å². The van der Waals surface area contributed by atoms with Crippen molar-refractivity contribution >= 4 is 11.6 Å². The van der Waals surface area contributed by atoms with Crippen LogP contribution in [-0.2, 0) is 6.42 Å². The summed E-state index contributed by atoms with van der Waals surface area (Å²) in [6, 6.07) is 5.28. The number of hydrogen-bond donors (Lipinski definition) is 2. The highest BCUT2D eigenvalue weighted by atomic mass is 35.5. The molecule has 3 N–H and O–H groups in total. The third-order valence-corrected chi connectivity index (χ3v) is 3.22. The third kappa shape index (κ3) is 3.45. The van der Waals surface area contributed by atoms with Crippen LogP contribution < -0.4 is 16.0 Å². The van der Waals surface area contributed by atoms with Crippen LogP contribution in [-0.4, -0.2) is 17.1 Å². The minimum Gasteiger partial charge on any atom is -0.496 e. The lowest BCUT2D eigenvalue weighted by Gasteiger charge is -2.16. The topological polar surface area (TPSA) is 73.1 Å². The Morgan fingerprint density at radius 3 is 2.65 bits per heavy atom. The number of benzene rings is 1. The van der Waals surface area contributed by atoms with Gasteiger partial charge in [0.25, 0.3) is 0 Å². The van der Waals surface area contributed by atoms with Crippen molar-refractivity contribution in [1.82, 2.24) is 15.4 Å². The third-order valence-electron chi connectivity index (χ3n) is 2.98. The minimum atomic E-state index is -0.206. The van der Waals surface area contributed by atoms with Crippen molar-refractivity contribution in [3.8, 4) is 5.75 Å². The van der Waals surface area contributed by atoms with Gasteiger partial charge in [0.1, 0.15) is 11.6 Å². The van der Waals surface area contributed by atoms with Crippen LogP contribution in [0.25, 0.3) is 0 Å². The van der Waals surface area contributed by atoms with Gasteiger partial charge in [-0.1, -0.05) is 11.6 Å². The first kappa shape index (κ1) is 14.7. The average Bonchev–Trinajstić information content (AvgIpc) is 2.46. The number of aromatic nitrogens is 2. The van der Waals surface area contributed by atoms with E-state index < -0.39 is 0 Å². The zero-order valence-corrected chi connectivity index (χ0v) is 12.2. The first-order chi connectivity index (χ1) is 9.63. The quantitative estimate of drug-likeness (QED) is 0.653. The van der Waals surface area contributed by atoms with E-state index in [0.29, 0.717) is 17.3 Å². The molecule has 1 unspecified atom stereocenters. The normalized spacial score (nSPS) is 12.2. The van der Waals surface area contributed by atoms with Crippen LogP contribution in [0.1, 0.15) is 23.0 Å². The predicted molar refractivity (Wildman–Crippen MR) is 78.5 cm³/mol. The number of methoxy groups -OCH3 is 1. The van der Waals surface area contributed by atoms with Gasteiger partial charge >= 0.3 is 0 Å². The SMILES string of the molecule is COc1ccc(Cl)cc1CC(NN)c1ncc(C)cn1. The minimum absolute atomic E-state index is 0.206. The summed E-state index contributed by atoms with van der Waals surface area (Å²) >= 11 is 6.03. The summed E-state index contributed by atoms with van der Waals surface area (Å²) in [6.07, 6.45) is 4.12. The molecule has 1 aromatic carbocycles. The van der Waals surface area contributed by atoms with Crippen molar-refractivity contribution in [2.45, 2.75) is 19.4 Å². The molecule has 0 amide bonds. The van der Waals surface area contributed by atoms with E-state index in [9.17, 15) is 0 Å². The zero-order chi connectivity index (χ0) is 14.5. The van der Waals surface area contributed by atoms with Gasteiger partial charge in [0.05, 0.1) is 13.2 Å². The largest absolute Gasteiger partial charge is 0.496 e. The van der Waals surface area contributed by atoms with Crippen molar-refractivity contribution in [2.75, 3.05) is 7.11 Å².